The molecule has 1 aliphatic rings. The largest absolute Gasteiger partial charge is 0.505 e. The summed E-state index contributed by atoms with van der Waals surface area (Å²) in [5.41, 5.74) is 2.11. The van der Waals surface area contributed by atoms with E-state index in [1.807, 2.05) is 18.2 Å². The second-order valence-electron chi connectivity index (χ2n) is 3.24. The molecule has 0 radical (unpaired) electrons. The van der Waals surface area contributed by atoms with Crippen LogP contribution in [0.3, 0.4) is 0 Å². The molecule has 0 heterocycles. The number of rotatable bonds is 3. The molecule has 0 aromatic heterocycles. The van der Waals surface area contributed by atoms with E-state index in [2.05, 4.69) is 18.2 Å². The normalized spacial score (nSPS) is 11.6. The smallest absolute Gasteiger partial charge is 0.148 e. The Morgan fingerprint density at radius 1 is 1.11 bits per heavy atom. The zero-order valence-corrected chi connectivity index (χ0v) is 13.4. The quantitative estimate of drug-likeness (QED) is 0.624. The van der Waals surface area contributed by atoms with Crippen molar-refractivity contribution >= 4 is 30.4 Å². The number of halogens is 2. The van der Waals surface area contributed by atoms with Crippen molar-refractivity contribution < 1.29 is 31.2 Å². The van der Waals surface area contributed by atoms with Gasteiger partial charge in [-0.2, -0.15) is 17.7 Å². The first kappa shape index (κ1) is 19.9. The van der Waals surface area contributed by atoms with Crippen molar-refractivity contribution in [3.8, 4) is 11.5 Å². The number of ether oxygens (including phenoxy) is 2. The van der Waals surface area contributed by atoms with Crippen molar-refractivity contribution in [1.82, 2.24) is 0 Å². The van der Waals surface area contributed by atoms with E-state index in [4.69, 9.17) is 9.47 Å². The van der Waals surface area contributed by atoms with Gasteiger partial charge in [0, 0.05) is 21.7 Å². The van der Waals surface area contributed by atoms with E-state index in [9.17, 15) is 0 Å². The molecule has 2 rings (SSSR count). The minimum Gasteiger partial charge on any atom is -0.505 e. The molecular weight excluding hydrogens is 307 g/mol. The Morgan fingerprint density at radius 2 is 1.83 bits per heavy atom. The second kappa shape index (κ2) is 9.51. The predicted molar refractivity (Wildman–Crippen MR) is 74.4 cm³/mol. The maximum absolute atomic E-state index is 5.36. The molecule has 0 saturated heterocycles. The number of hydrogen-bond donors (Lipinski definition) is 0. The second-order valence-corrected chi connectivity index (χ2v) is 3.24. The Morgan fingerprint density at radius 3 is 2.33 bits per heavy atom. The third kappa shape index (κ3) is 4.06. The molecule has 98 valence electrons. The van der Waals surface area contributed by atoms with Crippen LogP contribution in [0.25, 0.3) is 5.57 Å². The molecule has 1 aromatic rings. The number of para-hydroxylation sites is 1. The zero-order chi connectivity index (χ0) is 10.7. The molecule has 0 atom stereocenters. The average molecular weight is 322 g/mol. The van der Waals surface area contributed by atoms with Crippen LogP contribution >= 0.6 is 24.8 Å². The fourth-order valence-corrected chi connectivity index (χ4v) is 1.69. The van der Waals surface area contributed by atoms with Crippen LogP contribution in [0, 0.1) is 6.08 Å². The minimum atomic E-state index is 0. The van der Waals surface area contributed by atoms with E-state index in [0.717, 1.165) is 29.1 Å². The van der Waals surface area contributed by atoms with Crippen LogP contribution in [0.15, 0.2) is 30.4 Å². The van der Waals surface area contributed by atoms with E-state index in [0.29, 0.717) is 0 Å². The molecule has 0 N–H and O–H groups in total. The van der Waals surface area contributed by atoms with Crippen LogP contribution < -0.4 is 9.47 Å². The van der Waals surface area contributed by atoms with Gasteiger partial charge < -0.3 is 9.47 Å². The average Bonchev–Trinajstić information content (AvgIpc) is 2.81. The fourth-order valence-electron chi connectivity index (χ4n) is 1.69. The first-order valence-electron chi connectivity index (χ1n) is 4.85. The molecule has 2 nitrogen and oxygen atoms in total. The Bertz CT molecular complexity index is 431. The van der Waals surface area contributed by atoms with Gasteiger partial charge in [-0.05, 0) is 6.07 Å². The van der Waals surface area contributed by atoms with E-state index >= 15 is 0 Å². The number of benzene rings is 1. The van der Waals surface area contributed by atoms with E-state index in [1.54, 1.807) is 14.2 Å². The number of methoxy groups -OCH3 is 2. The van der Waals surface area contributed by atoms with Gasteiger partial charge in [0.25, 0.3) is 0 Å². The topological polar surface area (TPSA) is 18.5 Å². The van der Waals surface area contributed by atoms with Gasteiger partial charge >= 0.3 is 0 Å². The number of allylic oxidation sites excluding steroid dienone is 4. The molecule has 18 heavy (non-hydrogen) atoms. The van der Waals surface area contributed by atoms with E-state index in [1.165, 1.54) is 0 Å². The Labute approximate surface area is 135 Å². The van der Waals surface area contributed by atoms with Crippen LogP contribution in [0.2, 0.25) is 0 Å². The van der Waals surface area contributed by atoms with Crippen LogP contribution in [-0.4, -0.2) is 14.2 Å². The Hall–Kier alpha value is -0.406. The number of hydrogen-bond acceptors (Lipinski definition) is 2. The summed E-state index contributed by atoms with van der Waals surface area (Å²) in [5, 5.41) is 0. The van der Waals surface area contributed by atoms with Crippen molar-refractivity contribution in [3.63, 3.8) is 0 Å². The summed E-state index contributed by atoms with van der Waals surface area (Å²) in [6.07, 6.45) is 8.27. The van der Waals surface area contributed by atoms with Crippen LogP contribution in [0.5, 0.6) is 11.5 Å². The molecule has 0 saturated carbocycles. The fraction of sp³-hybridized carbons (Fsp3) is 0.231. The van der Waals surface area contributed by atoms with Crippen molar-refractivity contribution in [2.75, 3.05) is 14.2 Å². The molecule has 1 aromatic carbocycles. The third-order valence-corrected chi connectivity index (χ3v) is 2.39. The first-order valence-corrected chi connectivity index (χ1v) is 4.85. The van der Waals surface area contributed by atoms with Crippen molar-refractivity contribution in [2.24, 2.45) is 0 Å². The predicted octanol–water partition coefficient (Wildman–Crippen LogP) is 3.69. The van der Waals surface area contributed by atoms with Gasteiger partial charge in [0.15, 0.2) is 0 Å². The summed E-state index contributed by atoms with van der Waals surface area (Å²) < 4.78 is 10.6. The van der Waals surface area contributed by atoms with E-state index in [-0.39, 0.29) is 46.5 Å². The Kier molecular flexibility index (Phi) is 10.5. The maximum atomic E-state index is 5.36. The minimum absolute atomic E-state index is 0. The summed E-state index contributed by atoms with van der Waals surface area (Å²) in [5.74, 6) is 1.53. The van der Waals surface area contributed by atoms with Crippen LogP contribution in [0.1, 0.15) is 12.0 Å². The monoisotopic (exact) mass is 321 g/mol. The maximum Gasteiger partial charge on any atom is 0.148 e. The first-order chi connectivity index (χ1) is 7.36. The van der Waals surface area contributed by atoms with Crippen molar-refractivity contribution in [2.45, 2.75) is 6.42 Å². The molecule has 0 bridgehead atoms. The van der Waals surface area contributed by atoms with E-state index < -0.39 is 0 Å². The molecule has 1 aliphatic carbocycles. The van der Waals surface area contributed by atoms with Gasteiger partial charge in [-0.25, -0.2) is 0 Å². The SMILES string of the molecule is COc1cccc(C2=[C-]CC=C2)c1OC.Cl.Cl.[Ti]. The van der Waals surface area contributed by atoms with Gasteiger partial charge in [0.2, 0.25) is 0 Å². The Balaban J connectivity index is 0. The third-order valence-electron chi connectivity index (χ3n) is 2.39. The van der Waals surface area contributed by atoms with Gasteiger partial charge in [-0.3, -0.25) is 0 Å². The summed E-state index contributed by atoms with van der Waals surface area (Å²) in [7, 11) is 3.30. The summed E-state index contributed by atoms with van der Waals surface area (Å²) in [4.78, 5) is 0. The van der Waals surface area contributed by atoms with Crippen LogP contribution in [0.4, 0.5) is 0 Å². The standard InChI is InChI=1S/C13H13O2.2ClH.Ti/c1-14-12-9-5-8-11(13(12)15-2)10-6-3-4-7-10;;;/h3,5-6,8-9H,4H2,1-2H3;2*1H;/q-1;;;. The van der Waals surface area contributed by atoms with Gasteiger partial charge in [-0.15, -0.1) is 37.0 Å². The van der Waals surface area contributed by atoms with Crippen LogP contribution in [-0.2, 0) is 21.7 Å². The molecule has 0 fully saturated rings. The van der Waals surface area contributed by atoms with Gasteiger partial charge in [-0.1, -0.05) is 18.1 Å². The molecular formula is C13H15Cl2O2Ti-. The summed E-state index contributed by atoms with van der Waals surface area (Å²) in [6, 6.07) is 5.86. The van der Waals surface area contributed by atoms with Crippen molar-refractivity contribution in [1.29, 1.82) is 0 Å². The van der Waals surface area contributed by atoms with Gasteiger partial charge in [0.1, 0.15) is 11.5 Å². The van der Waals surface area contributed by atoms with Crippen molar-refractivity contribution in [3.05, 3.63) is 42.0 Å². The molecule has 0 aliphatic heterocycles. The zero-order valence-electron chi connectivity index (χ0n) is 10.2. The molecule has 0 amide bonds. The molecule has 0 unspecified atom stereocenters. The summed E-state index contributed by atoms with van der Waals surface area (Å²) in [6.45, 7) is 0. The summed E-state index contributed by atoms with van der Waals surface area (Å²) >= 11 is 0. The molecule has 5 heteroatoms. The molecule has 0 spiro atoms. The van der Waals surface area contributed by atoms with Gasteiger partial charge in [0.05, 0.1) is 14.2 Å².